The highest BCUT2D eigenvalue weighted by Crippen LogP contribution is 2.35. The van der Waals surface area contributed by atoms with E-state index in [9.17, 15) is 9.59 Å². The number of aromatic amines is 1. The number of carbonyl (C=O) groups excluding carboxylic acids is 2. The average molecular weight is 432 g/mol. The molecule has 0 saturated carbocycles. The summed E-state index contributed by atoms with van der Waals surface area (Å²) >= 11 is 1.24. The van der Waals surface area contributed by atoms with E-state index in [0.717, 1.165) is 29.3 Å². The third-order valence-electron chi connectivity index (χ3n) is 5.50. The Labute approximate surface area is 183 Å². The number of amides is 2. The number of carbonyl (C=O) groups is 2. The first-order valence-corrected chi connectivity index (χ1v) is 11.0. The van der Waals surface area contributed by atoms with E-state index in [1.165, 1.54) is 11.3 Å². The fourth-order valence-corrected chi connectivity index (χ4v) is 4.78. The van der Waals surface area contributed by atoms with Crippen LogP contribution in [0.2, 0.25) is 0 Å². The van der Waals surface area contributed by atoms with Crippen LogP contribution in [0.25, 0.3) is 10.9 Å². The Kier molecular flexibility index (Phi) is 4.99. The Balaban J connectivity index is 1.33. The third-order valence-corrected chi connectivity index (χ3v) is 6.53. The number of rotatable bonds is 4. The molecule has 2 N–H and O–H groups in total. The van der Waals surface area contributed by atoms with E-state index in [4.69, 9.17) is 0 Å². The number of fused-ring (bicyclic) bond motifs is 1. The van der Waals surface area contributed by atoms with Gasteiger partial charge in [-0.2, -0.15) is 0 Å². The Hall–Kier alpha value is -3.52. The topological polar surface area (TPSA) is 91.0 Å². The molecule has 3 heterocycles. The standard InChI is InChI=1S/C23H21N5O2S/c1-14-8-10-16(11-9-14)24-20(29)22-27-26-21(31-22)19-7-4-12-28(19)23(30)18-13-15-5-2-3-6-17(15)25-18/h2-3,5-6,8-11,13,19,25H,4,7,12H2,1H3,(H,24,29)/t19-/m0/s1. The molecule has 2 amide bonds. The number of nitrogens with zero attached hydrogens (tertiary/aromatic N) is 3. The summed E-state index contributed by atoms with van der Waals surface area (Å²) in [6.07, 6.45) is 1.70. The zero-order valence-corrected chi connectivity index (χ0v) is 17.8. The normalized spacial score (nSPS) is 16.0. The molecule has 5 rings (SSSR count). The van der Waals surface area contributed by atoms with Crippen molar-refractivity contribution in [2.75, 3.05) is 11.9 Å². The fourth-order valence-electron chi connectivity index (χ4n) is 3.89. The van der Waals surface area contributed by atoms with Crippen molar-refractivity contribution in [1.82, 2.24) is 20.1 Å². The lowest BCUT2D eigenvalue weighted by molar-refractivity contribution is 0.0730. The Bertz CT molecular complexity index is 1230. The minimum atomic E-state index is -0.293. The van der Waals surface area contributed by atoms with Gasteiger partial charge in [-0.15, -0.1) is 10.2 Å². The molecule has 0 aliphatic carbocycles. The fraction of sp³-hybridized carbons (Fsp3) is 0.217. The van der Waals surface area contributed by atoms with Gasteiger partial charge in [0.15, 0.2) is 0 Å². The molecule has 0 bridgehead atoms. The van der Waals surface area contributed by atoms with E-state index in [1.807, 2.05) is 66.4 Å². The molecule has 0 spiro atoms. The Morgan fingerprint density at radius 1 is 1.13 bits per heavy atom. The second-order valence-corrected chi connectivity index (χ2v) is 8.70. The van der Waals surface area contributed by atoms with Crippen molar-refractivity contribution < 1.29 is 9.59 Å². The van der Waals surface area contributed by atoms with Gasteiger partial charge in [-0.3, -0.25) is 9.59 Å². The maximum atomic E-state index is 13.2. The van der Waals surface area contributed by atoms with Crippen LogP contribution in [-0.4, -0.2) is 38.4 Å². The number of nitrogens with one attached hydrogen (secondary N) is 2. The minimum absolute atomic E-state index is 0.0560. The van der Waals surface area contributed by atoms with Gasteiger partial charge in [0.05, 0.1) is 6.04 Å². The number of hydrogen-bond donors (Lipinski definition) is 2. The number of H-pyrrole nitrogens is 1. The van der Waals surface area contributed by atoms with Crippen molar-refractivity contribution in [3.05, 3.63) is 75.9 Å². The lowest BCUT2D eigenvalue weighted by atomic mass is 10.2. The van der Waals surface area contributed by atoms with E-state index >= 15 is 0 Å². The van der Waals surface area contributed by atoms with Crippen LogP contribution in [0.1, 0.15) is 49.7 Å². The van der Waals surface area contributed by atoms with Crippen molar-refractivity contribution in [3.63, 3.8) is 0 Å². The molecule has 2 aromatic heterocycles. The monoisotopic (exact) mass is 431 g/mol. The molecule has 0 radical (unpaired) electrons. The molecule has 156 valence electrons. The van der Waals surface area contributed by atoms with Crippen LogP contribution in [-0.2, 0) is 0 Å². The highest BCUT2D eigenvalue weighted by Gasteiger charge is 2.34. The first-order chi connectivity index (χ1) is 15.1. The lowest BCUT2D eigenvalue weighted by Gasteiger charge is -2.22. The largest absolute Gasteiger partial charge is 0.351 e. The molecule has 1 aliphatic heterocycles. The van der Waals surface area contributed by atoms with Crippen LogP contribution < -0.4 is 5.32 Å². The van der Waals surface area contributed by atoms with Gasteiger partial charge < -0.3 is 15.2 Å². The highest BCUT2D eigenvalue weighted by molar-refractivity contribution is 7.13. The molecule has 1 aliphatic rings. The van der Waals surface area contributed by atoms with E-state index in [-0.39, 0.29) is 17.9 Å². The number of likely N-dealkylation sites (tertiary alicyclic amines) is 1. The average Bonchev–Trinajstić information content (AvgIpc) is 3.52. The summed E-state index contributed by atoms with van der Waals surface area (Å²) in [6, 6.07) is 17.1. The number of aryl methyl sites for hydroxylation is 1. The molecule has 2 aromatic carbocycles. The van der Waals surface area contributed by atoms with Gasteiger partial charge >= 0.3 is 0 Å². The van der Waals surface area contributed by atoms with Crippen LogP contribution in [0.15, 0.2) is 54.6 Å². The molecular formula is C23H21N5O2S. The molecule has 1 fully saturated rings. The molecule has 31 heavy (non-hydrogen) atoms. The maximum absolute atomic E-state index is 13.2. The van der Waals surface area contributed by atoms with Crippen molar-refractivity contribution in [2.24, 2.45) is 0 Å². The van der Waals surface area contributed by atoms with E-state index in [2.05, 4.69) is 20.5 Å². The summed E-state index contributed by atoms with van der Waals surface area (Å²) in [7, 11) is 0. The van der Waals surface area contributed by atoms with E-state index in [0.29, 0.717) is 27.9 Å². The van der Waals surface area contributed by atoms with Crippen LogP contribution >= 0.6 is 11.3 Å². The van der Waals surface area contributed by atoms with Crippen molar-refractivity contribution in [1.29, 1.82) is 0 Å². The number of benzene rings is 2. The molecule has 0 unspecified atom stereocenters. The summed E-state index contributed by atoms with van der Waals surface area (Å²) in [4.78, 5) is 30.8. The summed E-state index contributed by atoms with van der Waals surface area (Å²) in [5, 5.41) is 13.2. The van der Waals surface area contributed by atoms with Gasteiger partial charge in [-0.1, -0.05) is 47.2 Å². The molecule has 1 atom stereocenters. The maximum Gasteiger partial charge on any atom is 0.286 e. The third kappa shape index (κ3) is 3.82. The zero-order valence-electron chi connectivity index (χ0n) is 17.0. The highest BCUT2D eigenvalue weighted by atomic mass is 32.1. The van der Waals surface area contributed by atoms with Crippen LogP contribution in [0.4, 0.5) is 5.69 Å². The van der Waals surface area contributed by atoms with Gasteiger partial charge in [0.1, 0.15) is 10.7 Å². The molecule has 1 saturated heterocycles. The quantitative estimate of drug-likeness (QED) is 0.496. The number of para-hydroxylation sites is 1. The van der Waals surface area contributed by atoms with Gasteiger partial charge in [0, 0.05) is 23.1 Å². The van der Waals surface area contributed by atoms with E-state index < -0.39 is 0 Å². The van der Waals surface area contributed by atoms with Crippen molar-refractivity contribution >= 4 is 39.7 Å². The smallest absolute Gasteiger partial charge is 0.286 e. The first-order valence-electron chi connectivity index (χ1n) is 10.2. The number of hydrogen-bond acceptors (Lipinski definition) is 5. The second kappa shape index (κ2) is 7.96. The molecule has 8 heteroatoms. The molecular weight excluding hydrogens is 410 g/mol. The van der Waals surface area contributed by atoms with Crippen LogP contribution in [0, 0.1) is 6.92 Å². The predicted molar refractivity (Wildman–Crippen MR) is 120 cm³/mol. The van der Waals surface area contributed by atoms with Crippen LogP contribution in [0.3, 0.4) is 0 Å². The van der Waals surface area contributed by atoms with Gasteiger partial charge in [0.25, 0.3) is 11.8 Å². The SMILES string of the molecule is Cc1ccc(NC(=O)c2nnc([C@@H]3CCCN3C(=O)c3cc4ccccc4[nH]3)s2)cc1. The van der Waals surface area contributed by atoms with Gasteiger partial charge in [-0.25, -0.2) is 0 Å². The zero-order chi connectivity index (χ0) is 21.4. The van der Waals surface area contributed by atoms with Crippen molar-refractivity contribution in [3.8, 4) is 0 Å². The minimum Gasteiger partial charge on any atom is -0.351 e. The first kappa shape index (κ1) is 19.4. The summed E-state index contributed by atoms with van der Waals surface area (Å²) in [5.41, 5.74) is 3.34. The van der Waals surface area contributed by atoms with Gasteiger partial charge in [0.2, 0.25) is 5.01 Å². The Morgan fingerprint density at radius 2 is 1.94 bits per heavy atom. The summed E-state index contributed by atoms with van der Waals surface area (Å²) < 4.78 is 0. The summed E-state index contributed by atoms with van der Waals surface area (Å²) in [5.74, 6) is -0.348. The number of anilines is 1. The Morgan fingerprint density at radius 3 is 2.74 bits per heavy atom. The van der Waals surface area contributed by atoms with Crippen LogP contribution in [0.5, 0.6) is 0 Å². The number of aromatic nitrogens is 3. The molecule has 7 nitrogen and oxygen atoms in total. The van der Waals surface area contributed by atoms with Gasteiger partial charge in [-0.05, 0) is 44.0 Å². The van der Waals surface area contributed by atoms with E-state index in [1.54, 1.807) is 0 Å². The predicted octanol–water partition coefficient (Wildman–Crippen LogP) is 4.56. The second-order valence-electron chi connectivity index (χ2n) is 7.69. The van der Waals surface area contributed by atoms with Crippen molar-refractivity contribution in [2.45, 2.75) is 25.8 Å². The summed E-state index contributed by atoms with van der Waals surface area (Å²) in [6.45, 7) is 2.65. The molecule has 4 aromatic rings. The lowest BCUT2D eigenvalue weighted by Crippen LogP contribution is -2.30.